The predicted octanol–water partition coefficient (Wildman–Crippen LogP) is -1.30. The molecule has 1 fully saturated rings. The third-order valence-electron chi connectivity index (χ3n) is 1.23. The Labute approximate surface area is 79.8 Å². The van der Waals surface area contributed by atoms with E-state index in [4.69, 9.17) is 7.48 Å². The molecule has 1 N–H and O–H groups in total. The summed E-state index contributed by atoms with van der Waals surface area (Å²) < 4.78 is 14.1. The molecule has 0 amide bonds. The molecule has 0 saturated carbocycles. The van der Waals surface area contributed by atoms with Crippen LogP contribution in [0.15, 0.2) is 22.8 Å². The van der Waals surface area contributed by atoms with Crippen molar-refractivity contribution in [2.45, 2.75) is 6.42 Å². The topological polar surface area (TPSA) is 44.3 Å². The van der Waals surface area contributed by atoms with Gasteiger partial charge in [-0.3, -0.25) is 0 Å². The summed E-state index contributed by atoms with van der Waals surface area (Å²) in [6.07, 6.45) is 2.63. The van der Waals surface area contributed by atoms with Crippen molar-refractivity contribution in [1.29, 1.82) is 0 Å². The van der Waals surface area contributed by atoms with E-state index in [1.54, 1.807) is 6.26 Å². The maximum absolute atomic E-state index is 5.56. The Morgan fingerprint density at radius 1 is 1.73 bits per heavy atom. The minimum atomic E-state index is -0.871. The van der Waals surface area contributed by atoms with Crippen LogP contribution in [0.2, 0.25) is 0 Å². The number of hydrogen-bond acceptors (Lipinski definition) is 3. The Bertz CT molecular complexity index is 210. The Morgan fingerprint density at radius 3 is 3.27 bits per heavy atom. The van der Waals surface area contributed by atoms with E-state index in [0.717, 1.165) is 18.8 Å². The van der Waals surface area contributed by atoms with Gasteiger partial charge >= 0.3 is 80.4 Å². The van der Waals surface area contributed by atoms with Crippen molar-refractivity contribution >= 4 is 16.5 Å². The Balaban J connectivity index is 1.66. The van der Waals surface area contributed by atoms with Gasteiger partial charge in [-0.25, -0.2) is 0 Å². The molecule has 0 unspecified atom stereocenters. The van der Waals surface area contributed by atoms with E-state index in [1.807, 2.05) is 12.1 Å². The zero-order chi connectivity index (χ0) is 7.52. The quantitative estimate of drug-likeness (QED) is 0.402. The molecule has 5 heteroatoms. The van der Waals surface area contributed by atoms with Crippen LogP contribution in [0.5, 0.6) is 0 Å². The first kappa shape index (κ1) is 8.27. The van der Waals surface area contributed by atoms with Gasteiger partial charge in [0.2, 0.25) is 0 Å². The second-order valence-electron chi connectivity index (χ2n) is 1.99. The van der Waals surface area contributed by atoms with Crippen LogP contribution in [0.3, 0.4) is 0 Å². The van der Waals surface area contributed by atoms with Crippen molar-refractivity contribution in [3.8, 4) is 0 Å². The van der Waals surface area contributed by atoms with Gasteiger partial charge in [-0.15, -0.1) is 0 Å². The summed E-state index contributed by atoms with van der Waals surface area (Å²) in [5.41, 5.74) is 0. The van der Waals surface area contributed by atoms with Gasteiger partial charge in [-0.2, -0.15) is 0 Å². The van der Waals surface area contributed by atoms with Gasteiger partial charge in [0.25, 0.3) is 0 Å². The average molecular weight is 380 g/mol. The molecule has 0 aliphatic carbocycles. The number of halogens is 2. The van der Waals surface area contributed by atoms with Crippen LogP contribution in [0.4, 0.5) is 0 Å². The van der Waals surface area contributed by atoms with Crippen molar-refractivity contribution in [2.24, 2.45) is 0 Å². The zero-order valence-corrected chi connectivity index (χ0v) is 10.0. The van der Waals surface area contributed by atoms with Crippen LogP contribution in [-0.2, 0) is 9.49 Å². The van der Waals surface area contributed by atoms with Crippen molar-refractivity contribution in [1.82, 2.24) is 1.74 Å². The van der Waals surface area contributed by atoms with Gasteiger partial charge in [0.05, 0.1) is 0 Å². The first-order valence-corrected chi connectivity index (χ1v) is 12.5. The average Bonchev–Trinajstić information content (AvgIpc) is 2.66. The van der Waals surface area contributed by atoms with E-state index in [-0.39, 0.29) is 0 Å². The predicted molar refractivity (Wildman–Crippen MR) is 45.5 cm³/mol. The van der Waals surface area contributed by atoms with Crippen LogP contribution in [0, 0.1) is 0 Å². The summed E-state index contributed by atoms with van der Waals surface area (Å²) in [5, 5.41) is 0. The van der Waals surface area contributed by atoms with Gasteiger partial charge in [0.1, 0.15) is 0 Å². The second-order valence-corrected chi connectivity index (χ2v) is 15.1. The van der Waals surface area contributed by atoms with Crippen LogP contribution in [0.1, 0.15) is 5.76 Å². The third kappa shape index (κ3) is 2.88. The molecule has 0 spiro atoms. The molecule has 11 heavy (non-hydrogen) atoms. The standard InChI is InChI=1S/C6H8I2NO2/c1-2-6(10-4-1)3-5-11-8-7-9-8/h1-2,4,9H,3,5H2/q-1. The van der Waals surface area contributed by atoms with Crippen LogP contribution < -0.4 is 19.2 Å². The monoisotopic (exact) mass is 380 g/mol. The second kappa shape index (κ2) is 4.06. The molecule has 2 heterocycles. The molecule has 0 atom stereocenters. The van der Waals surface area contributed by atoms with E-state index >= 15 is 0 Å². The summed E-state index contributed by atoms with van der Waals surface area (Å²) in [6, 6.07) is 3.90. The van der Waals surface area contributed by atoms with Crippen LogP contribution in [-0.4, -0.2) is 6.61 Å². The molecule has 1 aromatic rings. The molecular weight excluding hydrogens is 372 g/mol. The molecule has 2 rings (SSSR count). The number of furan rings is 1. The van der Waals surface area contributed by atoms with Crippen LogP contribution in [0.25, 0.3) is 0 Å². The van der Waals surface area contributed by atoms with Gasteiger partial charge in [-0.1, -0.05) is 0 Å². The molecule has 0 radical (unpaired) electrons. The summed E-state index contributed by atoms with van der Waals surface area (Å²) in [6.45, 7) is 0.838. The molecule has 0 aromatic carbocycles. The number of hydrogen-bond donors (Lipinski definition) is 1. The Kier molecular flexibility index (Phi) is 3.05. The fourth-order valence-electron chi connectivity index (χ4n) is 0.714. The molecule has 1 saturated heterocycles. The molecule has 1 aliphatic rings. The van der Waals surface area contributed by atoms with Crippen molar-refractivity contribution in [2.75, 3.05) is 6.61 Å². The summed E-state index contributed by atoms with van der Waals surface area (Å²) in [5.74, 6) is 1.03. The van der Waals surface area contributed by atoms with E-state index in [2.05, 4.69) is 1.74 Å². The Hall–Kier alpha value is 0.660. The van der Waals surface area contributed by atoms with E-state index in [9.17, 15) is 0 Å². The molecular formula is C6H8I2NO2-. The van der Waals surface area contributed by atoms with Crippen molar-refractivity contribution < 1.29 is 25.0 Å². The zero-order valence-electron chi connectivity index (χ0n) is 5.72. The fraction of sp³-hybridized carbons (Fsp3) is 0.333. The minimum absolute atomic E-state index is 0.357. The van der Waals surface area contributed by atoms with Gasteiger partial charge in [0, 0.05) is 0 Å². The summed E-state index contributed by atoms with van der Waals surface area (Å²) >= 11 is -0.514. The first-order valence-electron chi connectivity index (χ1n) is 3.21. The summed E-state index contributed by atoms with van der Waals surface area (Å²) in [4.78, 5) is 0. The molecule has 1 aromatic heterocycles. The SMILES string of the molecule is c1coc(CCOI2N[I-]2)c1. The molecule has 1 aliphatic heterocycles. The van der Waals surface area contributed by atoms with Crippen LogP contribution >= 0.6 is 16.5 Å². The van der Waals surface area contributed by atoms with Crippen molar-refractivity contribution in [3.05, 3.63) is 24.2 Å². The number of rotatable bonds is 4. The van der Waals surface area contributed by atoms with Gasteiger partial charge < -0.3 is 0 Å². The maximum atomic E-state index is 5.56. The Morgan fingerprint density at radius 2 is 2.64 bits per heavy atom. The molecule has 64 valence electrons. The molecule has 3 nitrogen and oxygen atoms in total. The molecule has 0 bridgehead atoms. The van der Waals surface area contributed by atoms with E-state index < -0.39 is 16.5 Å². The summed E-state index contributed by atoms with van der Waals surface area (Å²) in [7, 11) is 0. The third-order valence-corrected chi connectivity index (χ3v) is 9.51. The van der Waals surface area contributed by atoms with Gasteiger partial charge in [-0.05, 0) is 0 Å². The van der Waals surface area contributed by atoms with Gasteiger partial charge in [0.15, 0.2) is 0 Å². The first-order chi connectivity index (χ1) is 5.45. The van der Waals surface area contributed by atoms with Crippen molar-refractivity contribution in [3.63, 3.8) is 0 Å². The van der Waals surface area contributed by atoms with E-state index in [0.29, 0.717) is 17.5 Å². The van der Waals surface area contributed by atoms with E-state index in [1.165, 1.54) is 0 Å². The fourth-order valence-corrected chi connectivity index (χ4v) is 7.57. The number of nitrogens with one attached hydrogen (secondary N) is 1. The normalized spacial score (nSPS) is 19.5.